The normalized spacial score (nSPS) is 21.4. The molecule has 0 fully saturated rings. The lowest BCUT2D eigenvalue weighted by atomic mass is 9.77. The molecule has 0 saturated carbocycles. The molecule has 0 unspecified atom stereocenters. The maximum Gasteiger partial charge on any atom is 0.240 e. The zero-order valence-electron chi connectivity index (χ0n) is 14.2. The predicted octanol–water partition coefficient (Wildman–Crippen LogP) is 4.33. The van der Waals surface area contributed by atoms with E-state index in [2.05, 4.69) is 34.1 Å². The Bertz CT molecular complexity index is 860. The molecule has 0 saturated heterocycles. The van der Waals surface area contributed by atoms with Crippen molar-refractivity contribution in [3.8, 4) is 5.75 Å². The molecular weight excluding hydrogens is 380 g/mol. The van der Waals surface area contributed by atoms with Crippen molar-refractivity contribution in [1.82, 2.24) is 5.01 Å². The number of rotatable bonds is 2. The van der Waals surface area contributed by atoms with Crippen LogP contribution in [-0.2, 0) is 11.2 Å². The van der Waals surface area contributed by atoms with Gasteiger partial charge in [-0.25, -0.2) is 5.01 Å². The summed E-state index contributed by atoms with van der Waals surface area (Å²) < 4.78 is 6.42. The average molecular weight is 399 g/mol. The highest BCUT2D eigenvalue weighted by Gasteiger charge is 2.43. The van der Waals surface area contributed by atoms with Gasteiger partial charge in [0.2, 0.25) is 5.91 Å². The van der Waals surface area contributed by atoms with Crippen molar-refractivity contribution in [2.24, 2.45) is 11.0 Å². The van der Waals surface area contributed by atoms with E-state index < -0.39 is 0 Å². The summed E-state index contributed by atoms with van der Waals surface area (Å²) in [6, 6.07) is 14.3. The number of fused-ring (bicyclic) bond motifs is 3. The van der Waals surface area contributed by atoms with Crippen LogP contribution in [0.3, 0.4) is 0 Å². The molecule has 25 heavy (non-hydrogen) atoms. The van der Waals surface area contributed by atoms with Gasteiger partial charge in [0, 0.05) is 22.9 Å². The van der Waals surface area contributed by atoms with Gasteiger partial charge >= 0.3 is 0 Å². The SMILES string of the molecule is COc1ccc2c(c1)C1=NN(C(C)=O)[C@H](c3ccc(Br)cc3)[C@H]1CC2. The van der Waals surface area contributed by atoms with Gasteiger partial charge in [-0.3, -0.25) is 4.79 Å². The summed E-state index contributed by atoms with van der Waals surface area (Å²) in [5, 5.41) is 6.39. The minimum atomic E-state index is -0.0417. The number of hydrogen-bond donors (Lipinski definition) is 0. The van der Waals surface area contributed by atoms with E-state index >= 15 is 0 Å². The zero-order valence-corrected chi connectivity index (χ0v) is 15.8. The van der Waals surface area contributed by atoms with Crippen molar-refractivity contribution in [3.05, 3.63) is 63.6 Å². The maximum atomic E-state index is 12.3. The van der Waals surface area contributed by atoms with Crippen molar-refractivity contribution >= 4 is 27.5 Å². The highest BCUT2D eigenvalue weighted by atomic mass is 79.9. The van der Waals surface area contributed by atoms with Gasteiger partial charge < -0.3 is 4.74 Å². The lowest BCUT2D eigenvalue weighted by Gasteiger charge is -2.29. The first-order chi connectivity index (χ1) is 12.1. The molecule has 2 aromatic rings. The molecule has 5 heteroatoms. The van der Waals surface area contributed by atoms with Crippen molar-refractivity contribution in [2.75, 3.05) is 7.11 Å². The van der Waals surface area contributed by atoms with Crippen LogP contribution in [0.4, 0.5) is 0 Å². The Kier molecular flexibility index (Phi) is 4.12. The highest BCUT2D eigenvalue weighted by molar-refractivity contribution is 9.10. The first-order valence-electron chi connectivity index (χ1n) is 8.39. The quantitative estimate of drug-likeness (QED) is 0.755. The Morgan fingerprint density at radius 3 is 2.68 bits per heavy atom. The van der Waals surface area contributed by atoms with E-state index in [0.717, 1.165) is 39.9 Å². The number of nitrogens with zero attached hydrogens (tertiary/aromatic N) is 2. The number of benzene rings is 2. The molecule has 0 spiro atoms. The number of carbonyl (C=O) groups is 1. The number of methoxy groups -OCH3 is 1. The van der Waals surface area contributed by atoms with Gasteiger partial charge in [0.15, 0.2) is 0 Å². The third-order valence-corrected chi connectivity index (χ3v) is 5.59. The molecule has 0 aromatic heterocycles. The van der Waals surface area contributed by atoms with Crippen LogP contribution in [0.25, 0.3) is 0 Å². The summed E-state index contributed by atoms with van der Waals surface area (Å²) >= 11 is 3.48. The van der Waals surface area contributed by atoms with Gasteiger partial charge in [0.1, 0.15) is 5.75 Å². The monoisotopic (exact) mass is 398 g/mol. The average Bonchev–Trinajstić information content (AvgIpc) is 3.02. The summed E-state index contributed by atoms with van der Waals surface area (Å²) in [5.41, 5.74) is 4.51. The second-order valence-corrected chi connectivity index (χ2v) is 7.43. The topological polar surface area (TPSA) is 41.9 Å². The third-order valence-electron chi connectivity index (χ3n) is 5.06. The van der Waals surface area contributed by atoms with E-state index in [1.54, 1.807) is 19.0 Å². The van der Waals surface area contributed by atoms with E-state index in [1.165, 1.54) is 5.56 Å². The fourth-order valence-electron chi connectivity index (χ4n) is 3.87. The van der Waals surface area contributed by atoms with Crippen LogP contribution in [0.2, 0.25) is 0 Å². The van der Waals surface area contributed by atoms with E-state index in [9.17, 15) is 4.79 Å². The largest absolute Gasteiger partial charge is 0.497 e. The van der Waals surface area contributed by atoms with E-state index in [4.69, 9.17) is 9.84 Å². The molecule has 0 radical (unpaired) electrons. The van der Waals surface area contributed by atoms with Crippen molar-refractivity contribution in [1.29, 1.82) is 0 Å². The molecule has 1 aliphatic heterocycles. The number of aryl methyl sites for hydroxylation is 1. The third kappa shape index (κ3) is 2.76. The molecule has 2 aliphatic rings. The first kappa shape index (κ1) is 16.3. The second-order valence-electron chi connectivity index (χ2n) is 6.51. The highest BCUT2D eigenvalue weighted by Crippen LogP contribution is 2.44. The molecule has 1 amide bonds. The van der Waals surface area contributed by atoms with Gasteiger partial charge in [-0.1, -0.05) is 34.1 Å². The van der Waals surface area contributed by atoms with Crippen LogP contribution >= 0.6 is 15.9 Å². The molecule has 0 bridgehead atoms. The molecule has 4 rings (SSSR count). The summed E-state index contributed by atoms with van der Waals surface area (Å²) in [4.78, 5) is 12.3. The van der Waals surface area contributed by atoms with E-state index in [-0.39, 0.29) is 17.9 Å². The maximum absolute atomic E-state index is 12.3. The molecule has 2 aromatic carbocycles. The summed E-state index contributed by atoms with van der Waals surface area (Å²) in [7, 11) is 1.67. The molecule has 128 valence electrons. The Balaban J connectivity index is 1.80. The number of hydrazone groups is 1. The second kappa shape index (κ2) is 6.30. The number of carbonyl (C=O) groups excluding carboxylic acids is 1. The lowest BCUT2D eigenvalue weighted by molar-refractivity contribution is -0.131. The standard InChI is InChI=1S/C20H19BrN2O2/c1-12(24)23-20(14-3-7-15(21)8-4-14)17-10-6-13-5-9-16(25-2)11-18(13)19(17)22-23/h3-5,7-9,11,17,20H,6,10H2,1-2H3/t17-,20+/m0/s1. The van der Waals surface area contributed by atoms with Crippen LogP contribution in [0.15, 0.2) is 52.0 Å². The van der Waals surface area contributed by atoms with Gasteiger partial charge in [0.05, 0.1) is 18.9 Å². The Morgan fingerprint density at radius 2 is 2.00 bits per heavy atom. The summed E-state index contributed by atoms with van der Waals surface area (Å²) in [5.74, 6) is 1.01. The number of amides is 1. The number of ether oxygens (including phenoxy) is 1. The molecule has 1 heterocycles. The minimum Gasteiger partial charge on any atom is -0.497 e. The zero-order chi connectivity index (χ0) is 17.6. The van der Waals surface area contributed by atoms with Crippen LogP contribution in [0, 0.1) is 5.92 Å². The Morgan fingerprint density at radius 1 is 1.24 bits per heavy atom. The lowest BCUT2D eigenvalue weighted by Crippen LogP contribution is -2.31. The van der Waals surface area contributed by atoms with Crippen molar-refractivity contribution in [3.63, 3.8) is 0 Å². The molecule has 1 aliphatic carbocycles. The minimum absolute atomic E-state index is 0.0285. The Labute approximate surface area is 155 Å². The first-order valence-corrected chi connectivity index (χ1v) is 9.19. The van der Waals surface area contributed by atoms with E-state index in [0.29, 0.717) is 0 Å². The number of hydrogen-bond acceptors (Lipinski definition) is 3. The summed E-state index contributed by atoms with van der Waals surface area (Å²) in [6.45, 7) is 1.58. The van der Waals surface area contributed by atoms with Crippen LogP contribution in [-0.4, -0.2) is 23.7 Å². The molecular formula is C20H19BrN2O2. The van der Waals surface area contributed by atoms with Crippen molar-refractivity contribution in [2.45, 2.75) is 25.8 Å². The molecule has 0 N–H and O–H groups in total. The van der Waals surface area contributed by atoms with Crippen LogP contribution < -0.4 is 4.74 Å². The fraction of sp³-hybridized carbons (Fsp3) is 0.300. The number of halogens is 1. The van der Waals surface area contributed by atoms with Gasteiger partial charge in [-0.15, -0.1) is 0 Å². The van der Waals surface area contributed by atoms with E-state index in [1.807, 2.05) is 24.3 Å². The van der Waals surface area contributed by atoms with Crippen LogP contribution in [0.1, 0.15) is 36.1 Å². The summed E-state index contributed by atoms with van der Waals surface area (Å²) in [6.07, 6.45) is 1.98. The van der Waals surface area contributed by atoms with Gasteiger partial charge in [0.25, 0.3) is 0 Å². The predicted molar refractivity (Wildman–Crippen MR) is 101 cm³/mol. The molecule has 4 nitrogen and oxygen atoms in total. The Hall–Kier alpha value is -2.14. The smallest absolute Gasteiger partial charge is 0.240 e. The van der Waals surface area contributed by atoms with Gasteiger partial charge in [-0.05, 0) is 48.2 Å². The van der Waals surface area contributed by atoms with Crippen LogP contribution in [0.5, 0.6) is 5.75 Å². The fourth-order valence-corrected chi connectivity index (χ4v) is 4.13. The van der Waals surface area contributed by atoms with Crippen molar-refractivity contribution < 1.29 is 9.53 Å². The molecule has 2 atom stereocenters. The van der Waals surface area contributed by atoms with Gasteiger partial charge in [-0.2, -0.15) is 5.10 Å².